The summed E-state index contributed by atoms with van der Waals surface area (Å²) in [7, 11) is 0.332. The number of ether oxygens (including phenoxy) is 1. The molecule has 1 aromatic rings. The molecule has 16 heavy (non-hydrogen) atoms. The van der Waals surface area contributed by atoms with Gasteiger partial charge in [-0.05, 0) is 11.5 Å². The van der Waals surface area contributed by atoms with E-state index in [0.29, 0.717) is 16.8 Å². The highest BCUT2D eigenvalue weighted by molar-refractivity contribution is 6.62. The molecule has 2 N–H and O–H groups in total. The minimum absolute atomic E-state index is 0.00926. The van der Waals surface area contributed by atoms with Crippen molar-refractivity contribution in [3.05, 3.63) is 17.7 Å². The molecule has 2 rings (SSSR count). The van der Waals surface area contributed by atoms with Crippen LogP contribution in [0.15, 0.2) is 12.1 Å². The summed E-state index contributed by atoms with van der Waals surface area (Å²) >= 11 is 0. The predicted octanol–water partition coefficient (Wildman–Crippen LogP) is -0.251. The Hall–Kier alpha value is -1.53. The van der Waals surface area contributed by atoms with Crippen molar-refractivity contribution in [3.63, 3.8) is 0 Å². The first kappa shape index (κ1) is 11.0. The van der Waals surface area contributed by atoms with Crippen molar-refractivity contribution >= 4 is 18.9 Å². The Labute approximate surface area is 92.8 Å². The van der Waals surface area contributed by atoms with Crippen LogP contribution < -0.4 is 10.2 Å². The van der Waals surface area contributed by atoms with E-state index in [1.54, 1.807) is 0 Å². The number of phenolic OH excluding ortho intramolecular Hbond substituents is 1. The lowest BCUT2D eigenvalue weighted by Gasteiger charge is -2.12. The number of hydrogen-bond acceptors (Lipinski definition) is 5. The lowest BCUT2D eigenvalue weighted by molar-refractivity contribution is -0.109. The van der Waals surface area contributed by atoms with Crippen LogP contribution in [-0.2, 0) is 9.45 Å². The molecule has 1 heterocycles. The maximum atomic E-state index is 10.5. The largest absolute Gasteiger partial charge is 0.508 e. The van der Waals surface area contributed by atoms with Gasteiger partial charge in [-0.3, -0.25) is 0 Å². The summed E-state index contributed by atoms with van der Waals surface area (Å²) in [5.74, 6) is 0.406. The summed E-state index contributed by atoms with van der Waals surface area (Å²) in [6, 6.07) is 2.84. The number of carbonyl (C=O) groups excluding carboxylic acids is 1. The number of aromatic hydroxyl groups is 1. The monoisotopic (exact) mass is 222 g/mol. The Kier molecular flexibility index (Phi) is 2.85. The highest BCUT2D eigenvalue weighted by Gasteiger charge is 2.37. The number of phenols is 1. The van der Waals surface area contributed by atoms with Crippen LogP contribution >= 0.6 is 0 Å². The maximum Gasteiger partial charge on any atom is 0.492 e. The number of rotatable bonds is 3. The molecule has 1 aliphatic heterocycles. The van der Waals surface area contributed by atoms with Crippen LogP contribution in [0.3, 0.4) is 0 Å². The molecule has 0 bridgehead atoms. The van der Waals surface area contributed by atoms with Crippen LogP contribution in [0.25, 0.3) is 0 Å². The second kappa shape index (κ2) is 4.15. The first-order valence-corrected chi connectivity index (χ1v) is 4.85. The molecule has 0 radical (unpaired) electrons. The summed E-state index contributed by atoms with van der Waals surface area (Å²) in [4.78, 5) is 10.5. The molecule has 6 heteroatoms. The molecule has 0 saturated carbocycles. The van der Waals surface area contributed by atoms with Crippen molar-refractivity contribution in [1.82, 2.24) is 0 Å². The highest BCUT2D eigenvalue weighted by atomic mass is 16.5. The van der Waals surface area contributed by atoms with Gasteiger partial charge in [-0.1, -0.05) is 0 Å². The summed E-state index contributed by atoms with van der Waals surface area (Å²) in [6.45, 7) is 0. The average molecular weight is 222 g/mol. The zero-order valence-corrected chi connectivity index (χ0v) is 8.71. The van der Waals surface area contributed by atoms with Crippen molar-refractivity contribution in [2.75, 3.05) is 7.11 Å². The minimum atomic E-state index is -1.12. The van der Waals surface area contributed by atoms with Gasteiger partial charge in [-0.15, -0.1) is 0 Å². The molecule has 1 aliphatic rings. The van der Waals surface area contributed by atoms with E-state index in [9.17, 15) is 14.9 Å². The number of methoxy groups -OCH3 is 1. The lowest BCUT2D eigenvalue weighted by Crippen LogP contribution is -2.28. The third-order valence-electron chi connectivity index (χ3n) is 2.57. The molecule has 0 spiro atoms. The first-order valence-electron chi connectivity index (χ1n) is 4.85. The Bertz CT molecular complexity index is 420. The zero-order valence-electron chi connectivity index (χ0n) is 8.71. The van der Waals surface area contributed by atoms with E-state index < -0.39 is 13.2 Å². The third kappa shape index (κ3) is 1.66. The molecule has 1 unspecified atom stereocenters. The van der Waals surface area contributed by atoms with Gasteiger partial charge in [0, 0.05) is 18.1 Å². The molecule has 1 atom stereocenters. The fourth-order valence-corrected chi connectivity index (χ4v) is 1.91. The van der Waals surface area contributed by atoms with Crippen molar-refractivity contribution in [2.45, 2.75) is 12.5 Å². The van der Waals surface area contributed by atoms with Gasteiger partial charge in [-0.2, -0.15) is 0 Å². The zero-order chi connectivity index (χ0) is 11.7. The lowest BCUT2D eigenvalue weighted by atomic mass is 9.78. The quantitative estimate of drug-likeness (QED) is 0.544. The van der Waals surface area contributed by atoms with Gasteiger partial charge in [0.25, 0.3) is 0 Å². The van der Waals surface area contributed by atoms with Crippen LogP contribution in [0.5, 0.6) is 11.5 Å². The van der Waals surface area contributed by atoms with Crippen molar-refractivity contribution in [2.24, 2.45) is 0 Å². The molecule has 0 aliphatic carbocycles. The molecular weight excluding hydrogens is 211 g/mol. The minimum Gasteiger partial charge on any atom is -0.508 e. The molecule has 1 aromatic carbocycles. The summed E-state index contributed by atoms with van der Waals surface area (Å²) in [6.07, 6.45) is 0.349. The van der Waals surface area contributed by atoms with E-state index in [2.05, 4.69) is 0 Å². The van der Waals surface area contributed by atoms with E-state index in [4.69, 9.17) is 9.39 Å². The normalized spacial score (nSPS) is 18.4. The summed E-state index contributed by atoms with van der Waals surface area (Å²) in [5.41, 5.74) is 1.07. The second-order valence-corrected chi connectivity index (χ2v) is 3.53. The average Bonchev–Trinajstić information content (AvgIpc) is 2.55. The molecule has 0 saturated heterocycles. The second-order valence-electron chi connectivity index (χ2n) is 3.53. The topological polar surface area (TPSA) is 76.0 Å². The number of carbonyl (C=O) groups is 1. The van der Waals surface area contributed by atoms with E-state index in [1.807, 2.05) is 0 Å². The molecule has 84 valence electrons. The van der Waals surface area contributed by atoms with Crippen LogP contribution in [0, 0.1) is 0 Å². The number of aldehydes is 1. The highest BCUT2D eigenvalue weighted by Crippen LogP contribution is 2.35. The molecule has 0 amide bonds. The molecule has 5 nitrogen and oxygen atoms in total. The number of hydrogen-bond donors (Lipinski definition) is 2. The van der Waals surface area contributed by atoms with Crippen molar-refractivity contribution < 1.29 is 24.3 Å². The smallest absolute Gasteiger partial charge is 0.492 e. The van der Waals surface area contributed by atoms with E-state index >= 15 is 0 Å². The Morgan fingerprint density at radius 3 is 3.00 bits per heavy atom. The van der Waals surface area contributed by atoms with Gasteiger partial charge in [0.05, 0.1) is 13.2 Å². The molecular formula is C10H11BO5. The van der Waals surface area contributed by atoms with Gasteiger partial charge < -0.3 is 24.3 Å². The summed E-state index contributed by atoms with van der Waals surface area (Å²) in [5, 5.41) is 19.0. The summed E-state index contributed by atoms with van der Waals surface area (Å²) < 4.78 is 10.3. The Morgan fingerprint density at radius 1 is 1.62 bits per heavy atom. The van der Waals surface area contributed by atoms with Gasteiger partial charge in [-0.25, -0.2) is 0 Å². The van der Waals surface area contributed by atoms with E-state index in [1.165, 1.54) is 19.2 Å². The molecule has 0 aromatic heterocycles. The predicted molar refractivity (Wildman–Crippen MR) is 56.8 cm³/mol. The third-order valence-corrected chi connectivity index (χ3v) is 2.57. The maximum absolute atomic E-state index is 10.5. The Morgan fingerprint density at radius 2 is 2.38 bits per heavy atom. The first-order chi connectivity index (χ1) is 7.67. The fraction of sp³-hybridized carbons (Fsp3) is 0.300. The van der Waals surface area contributed by atoms with Crippen LogP contribution in [-0.4, -0.2) is 30.6 Å². The van der Waals surface area contributed by atoms with Crippen molar-refractivity contribution in [1.29, 1.82) is 0 Å². The van der Waals surface area contributed by atoms with Crippen molar-refractivity contribution in [3.8, 4) is 11.5 Å². The van der Waals surface area contributed by atoms with E-state index in [-0.39, 0.29) is 12.2 Å². The van der Waals surface area contributed by atoms with Gasteiger partial charge in [0.1, 0.15) is 17.8 Å². The van der Waals surface area contributed by atoms with Gasteiger partial charge in [0.2, 0.25) is 0 Å². The molecule has 0 fully saturated rings. The number of fused-ring (bicyclic) bond motifs is 1. The van der Waals surface area contributed by atoms with Crippen LogP contribution in [0.2, 0.25) is 0 Å². The fourth-order valence-electron chi connectivity index (χ4n) is 1.91. The van der Waals surface area contributed by atoms with E-state index in [0.717, 1.165) is 6.29 Å². The van der Waals surface area contributed by atoms with Gasteiger partial charge >= 0.3 is 7.12 Å². The van der Waals surface area contributed by atoms with Crippen LogP contribution in [0.1, 0.15) is 18.1 Å². The van der Waals surface area contributed by atoms with Crippen LogP contribution in [0.4, 0.5) is 0 Å². The number of benzene rings is 1. The standard InChI is InChI=1S/C10H11BO5/c1-15-9-5-6(13)4-7-10(9)8(2-3-12)16-11(7)14/h3-5,8,13-14H,2H2,1H3. The SMILES string of the molecule is COc1cc(O)cc2c1C(CC=O)OB2O. The van der Waals surface area contributed by atoms with Gasteiger partial charge in [0.15, 0.2) is 0 Å². The Balaban J connectivity index is 2.52.